The molecule has 156 valence electrons. The molecule has 0 bridgehead atoms. The fraction of sp³-hybridized carbons (Fsp3) is 0.826. The van der Waals surface area contributed by atoms with Gasteiger partial charge in [0.25, 0.3) is 5.91 Å². The van der Waals surface area contributed by atoms with Gasteiger partial charge in [-0.3, -0.25) is 4.79 Å². The van der Waals surface area contributed by atoms with Crippen molar-refractivity contribution < 1.29 is 4.79 Å². The zero-order chi connectivity index (χ0) is 19.5. The molecule has 2 atom stereocenters. The van der Waals surface area contributed by atoms with E-state index in [2.05, 4.69) is 23.6 Å². The number of amides is 1. The van der Waals surface area contributed by atoms with E-state index in [1.165, 1.54) is 82.4 Å². The van der Waals surface area contributed by atoms with Gasteiger partial charge < -0.3 is 9.80 Å². The van der Waals surface area contributed by atoms with E-state index in [-0.39, 0.29) is 5.91 Å². The quantitative estimate of drug-likeness (QED) is 0.681. The summed E-state index contributed by atoms with van der Waals surface area (Å²) in [5.74, 6) is 2.27. The highest BCUT2D eigenvalue weighted by Crippen LogP contribution is 2.36. The van der Waals surface area contributed by atoms with Crippen LogP contribution in [0.15, 0.2) is 5.38 Å². The molecule has 2 unspecified atom stereocenters. The highest BCUT2D eigenvalue weighted by atomic mass is 32.1. The van der Waals surface area contributed by atoms with Crippen LogP contribution >= 0.6 is 11.3 Å². The zero-order valence-corrected chi connectivity index (χ0v) is 18.6. The number of nitrogens with zero attached hydrogens (tertiary/aromatic N) is 3. The van der Waals surface area contributed by atoms with E-state index in [0.29, 0.717) is 17.7 Å². The normalized spacial score (nSPS) is 27.2. The molecule has 2 saturated heterocycles. The van der Waals surface area contributed by atoms with Crippen LogP contribution in [-0.2, 0) is 0 Å². The molecule has 0 aromatic carbocycles. The molecule has 0 spiro atoms. The minimum Gasteiger partial charge on any atom is -0.334 e. The Hall–Kier alpha value is -0.940. The van der Waals surface area contributed by atoms with Crippen LogP contribution in [0.4, 0.5) is 0 Å². The third-order valence-corrected chi connectivity index (χ3v) is 8.21. The van der Waals surface area contributed by atoms with E-state index in [0.717, 1.165) is 18.4 Å². The molecule has 1 amide bonds. The summed E-state index contributed by atoms with van der Waals surface area (Å²) >= 11 is 1.72. The maximum absolute atomic E-state index is 13.2. The number of carbonyl (C=O) groups is 1. The maximum Gasteiger partial charge on any atom is 0.273 e. The van der Waals surface area contributed by atoms with Crippen LogP contribution in [0.25, 0.3) is 0 Å². The van der Waals surface area contributed by atoms with Gasteiger partial charge >= 0.3 is 0 Å². The number of hydrogen-bond acceptors (Lipinski definition) is 4. The first kappa shape index (κ1) is 20.3. The van der Waals surface area contributed by atoms with Crippen LogP contribution in [0, 0.1) is 11.8 Å². The molecule has 1 aliphatic carbocycles. The van der Waals surface area contributed by atoms with Crippen LogP contribution in [0.2, 0.25) is 0 Å². The van der Waals surface area contributed by atoms with Gasteiger partial charge in [-0.1, -0.05) is 26.7 Å². The van der Waals surface area contributed by atoms with E-state index >= 15 is 0 Å². The van der Waals surface area contributed by atoms with E-state index < -0.39 is 0 Å². The molecular formula is C23H37N3OS. The Morgan fingerprint density at radius 3 is 2.64 bits per heavy atom. The van der Waals surface area contributed by atoms with Gasteiger partial charge in [0.1, 0.15) is 5.69 Å². The van der Waals surface area contributed by atoms with Gasteiger partial charge in [-0.15, -0.1) is 11.3 Å². The molecule has 0 radical (unpaired) electrons. The zero-order valence-electron chi connectivity index (χ0n) is 17.7. The van der Waals surface area contributed by atoms with Gasteiger partial charge in [-0.25, -0.2) is 4.98 Å². The van der Waals surface area contributed by atoms with Gasteiger partial charge in [-0.05, 0) is 76.4 Å². The second-order valence-electron chi connectivity index (χ2n) is 9.62. The number of fused-ring (bicyclic) bond motifs is 1. The Labute approximate surface area is 174 Å². The Kier molecular flexibility index (Phi) is 6.72. The van der Waals surface area contributed by atoms with E-state index in [4.69, 9.17) is 4.98 Å². The minimum absolute atomic E-state index is 0.202. The van der Waals surface area contributed by atoms with E-state index in [9.17, 15) is 4.79 Å². The number of carbonyl (C=O) groups excluding carboxylic acids is 1. The molecule has 2 aliphatic heterocycles. The number of piperidine rings is 2. The van der Waals surface area contributed by atoms with Crippen molar-refractivity contribution in [1.29, 1.82) is 0 Å². The summed E-state index contributed by atoms with van der Waals surface area (Å²) < 4.78 is 0. The second-order valence-corrected chi connectivity index (χ2v) is 10.5. The lowest BCUT2D eigenvalue weighted by Crippen LogP contribution is -2.49. The highest BCUT2D eigenvalue weighted by Gasteiger charge is 2.37. The van der Waals surface area contributed by atoms with Crippen LogP contribution < -0.4 is 0 Å². The smallest absolute Gasteiger partial charge is 0.273 e. The van der Waals surface area contributed by atoms with Gasteiger partial charge in [0.2, 0.25) is 0 Å². The monoisotopic (exact) mass is 403 g/mol. The fourth-order valence-corrected chi connectivity index (χ4v) is 6.41. The summed E-state index contributed by atoms with van der Waals surface area (Å²) in [7, 11) is 0. The average molecular weight is 404 g/mol. The Morgan fingerprint density at radius 2 is 1.86 bits per heavy atom. The summed E-state index contributed by atoms with van der Waals surface area (Å²) in [6.07, 6.45) is 11.3. The van der Waals surface area contributed by atoms with Crippen molar-refractivity contribution in [2.45, 2.75) is 83.6 Å². The standard InChI is InChI=1S/C23H37N3OS/c1-17(2)9-13-25-14-10-19(11-15-25)22-24-20(16-28-22)23(27)26-12-5-7-18-6-3-4-8-21(18)26/h16-19,21H,3-15H2,1-2H3. The van der Waals surface area contributed by atoms with Crippen molar-refractivity contribution in [3.05, 3.63) is 16.1 Å². The molecule has 3 aliphatic rings. The first-order valence-corrected chi connectivity index (χ1v) is 12.5. The third-order valence-electron chi connectivity index (χ3n) is 7.20. The third kappa shape index (κ3) is 4.62. The van der Waals surface area contributed by atoms with Gasteiger partial charge in [0.05, 0.1) is 5.01 Å². The Balaban J connectivity index is 1.35. The molecule has 3 fully saturated rings. The lowest BCUT2D eigenvalue weighted by Gasteiger charge is -2.43. The maximum atomic E-state index is 13.2. The van der Waals surface area contributed by atoms with Crippen LogP contribution in [0.3, 0.4) is 0 Å². The summed E-state index contributed by atoms with van der Waals surface area (Å²) in [6, 6.07) is 0.476. The number of thiazole rings is 1. The molecule has 28 heavy (non-hydrogen) atoms. The molecule has 5 heteroatoms. The first-order chi connectivity index (χ1) is 13.6. The second kappa shape index (κ2) is 9.25. The largest absolute Gasteiger partial charge is 0.334 e. The van der Waals surface area contributed by atoms with Gasteiger partial charge in [0, 0.05) is 23.9 Å². The molecule has 1 aromatic heterocycles. The van der Waals surface area contributed by atoms with Crippen LogP contribution in [0.5, 0.6) is 0 Å². The summed E-state index contributed by atoms with van der Waals surface area (Å²) in [5.41, 5.74) is 0.716. The predicted octanol–water partition coefficient (Wildman–Crippen LogP) is 5.16. The average Bonchev–Trinajstić information content (AvgIpc) is 3.22. The van der Waals surface area contributed by atoms with Crippen LogP contribution in [0.1, 0.15) is 93.0 Å². The van der Waals surface area contributed by atoms with Gasteiger partial charge in [-0.2, -0.15) is 0 Å². The molecule has 3 heterocycles. The van der Waals surface area contributed by atoms with Crippen molar-refractivity contribution in [2.24, 2.45) is 11.8 Å². The van der Waals surface area contributed by atoms with E-state index in [1.807, 2.05) is 5.38 Å². The molecule has 1 aromatic rings. The van der Waals surface area contributed by atoms with Crippen molar-refractivity contribution >= 4 is 17.2 Å². The molecule has 4 nitrogen and oxygen atoms in total. The highest BCUT2D eigenvalue weighted by molar-refractivity contribution is 7.09. The van der Waals surface area contributed by atoms with Gasteiger partial charge in [0.15, 0.2) is 0 Å². The summed E-state index contributed by atoms with van der Waals surface area (Å²) in [4.78, 5) is 22.9. The first-order valence-electron chi connectivity index (χ1n) is 11.6. The molecule has 4 rings (SSSR count). The minimum atomic E-state index is 0.202. The lowest BCUT2D eigenvalue weighted by molar-refractivity contribution is 0.0385. The van der Waals surface area contributed by atoms with Crippen molar-refractivity contribution in [3.8, 4) is 0 Å². The molecular weight excluding hydrogens is 366 g/mol. The Bertz CT molecular complexity index is 648. The molecule has 0 N–H and O–H groups in total. The summed E-state index contributed by atoms with van der Waals surface area (Å²) in [5, 5.41) is 3.24. The predicted molar refractivity (Wildman–Crippen MR) is 116 cm³/mol. The number of hydrogen-bond donors (Lipinski definition) is 0. The van der Waals surface area contributed by atoms with Crippen molar-refractivity contribution in [1.82, 2.24) is 14.8 Å². The molecule has 1 saturated carbocycles. The SMILES string of the molecule is CC(C)CCN1CCC(c2nc(C(=O)N3CCCC4CCCCC43)cs2)CC1. The number of aromatic nitrogens is 1. The van der Waals surface area contributed by atoms with Crippen LogP contribution in [-0.4, -0.2) is 52.9 Å². The van der Waals surface area contributed by atoms with E-state index in [1.54, 1.807) is 11.3 Å². The Morgan fingerprint density at radius 1 is 1.11 bits per heavy atom. The number of rotatable bonds is 5. The topological polar surface area (TPSA) is 36.4 Å². The fourth-order valence-electron chi connectivity index (χ4n) is 5.44. The summed E-state index contributed by atoms with van der Waals surface area (Å²) in [6.45, 7) is 9.12. The number of likely N-dealkylation sites (tertiary alicyclic amines) is 2. The lowest BCUT2D eigenvalue weighted by atomic mass is 9.78. The van der Waals surface area contributed by atoms with Crippen molar-refractivity contribution in [3.63, 3.8) is 0 Å². The van der Waals surface area contributed by atoms with Crippen molar-refractivity contribution in [2.75, 3.05) is 26.2 Å².